The highest BCUT2D eigenvalue weighted by molar-refractivity contribution is 8.01. The Hall–Kier alpha value is -1.13. The first-order valence-electron chi connectivity index (χ1n) is 5.17. The van der Waals surface area contributed by atoms with Crippen molar-refractivity contribution in [2.24, 2.45) is 0 Å². The topological polar surface area (TPSA) is 38.3 Å². The van der Waals surface area contributed by atoms with Gasteiger partial charge in [0, 0.05) is 6.54 Å². The molecule has 1 aliphatic heterocycles. The van der Waals surface area contributed by atoms with Gasteiger partial charge in [-0.25, -0.2) is 0 Å². The quantitative estimate of drug-likeness (QED) is 0.676. The van der Waals surface area contributed by atoms with Gasteiger partial charge in [-0.3, -0.25) is 4.79 Å². The second-order valence-electron chi connectivity index (χ2n) is 3.49. The van der Waals surface area contributed by atoms with E-state index in [1.54, 1.807) is 6.08 Å². The van der Waals surface area contributed by atoms with Crippen LogP contribution in [0.5, 0.6) is 5.75 Å². The molecule has 5 heteroatoms. The Balaban J connectivity index is 2.11. The van der Waals surface area contributed by atoms with Gasteiger partial charge in [0.1, 0.15) is 10.5 Å². The number of para-hydroxylation sites is 1. The summed E-state index contributed by atoms with van der Waals surface area (Å²) < 4.78 is 5.18. The molecule has 0 spiro atoms. The summed E-state index contributed by atoms with van der Waals surface area (Å²) in [7, 11) is 0. The molecule has 0 saturated carbocycles. The molecule has 1 N–H and O–H groups in total. The normalized spacial score (nSPS) is 22.2. The highest BCUT2D eigenvalue weighted by Gasteiger charge is 2.34. The van der Waals surface area contributed by atoms with Crippen molar-refractivity contribution in [3.05, 3.63) is 36.9 Å². The van der Waals surface area contributed by atoms with E-state index < -0.39 is 10.8 Å². The lowest BCUT2D eigenvalue weighted by molar-refractivity contribution is -0.127. The molecule has 17 heavy (non-hydrogen) atoms. The Bertz CT molecular complexity index is 438. The predicted molar refractivity (Wildman–Crippen MR) is 69.6 cm³/mol. The second kappa shape index (κ2) is 5.47. The minimum atomic E-state index is -0.670. The lowest BCUT2D eigenvalue weighted by atomic mass is 10.3. The van der Waals surface area contributed by atoms with Gasteiger partial charge in [0.25, 0.3) is 5.91 Å². The number of alkyl halides is 1. The maximum Gasteiger partial charge on any atom is 0.263 e. The number of halogens is 1. The van der Waals surface area contributed by atoms with Gasteiger partial charge in [0.05, 0.1) is 4.90 Å². The summed E-state index contributed by atoms with van der Waals surface area (Å²) in [5.41, 5.74) is 0. The number of benzene rings is 1. The number of fused-ring (bicyclic) bond motifs is 1. The van der Waals surface area contributed by atoms with Crippen molar-refractivity contribution >= 4 is 29.3 Å². The highest BCUT2D eigenvalue weighted by Crippen LogP contribution is 2.41. The zero-order valence-corrected chi connectivity index (χ0v) is 10.6. The molecular formula is C12H12ClNO2S. The number of amides is 1. The van der Waals surface area contributed by atoms with Crippen LogP contribution < -0.4 is 10.1 Å². The summed E-state index contributed by atoms with van der Waals surface area (Å²) in [4.78, 5) is 12.8. The zero-order chi connectivity index (χ0) is 12.3. The Kier molecular flexibility index (Phi) is 3.97. The van der Waals surface area contributed by atoms with E-state index in [4.69, 9.17) is 16.3 Å². The minimum absolute atomic E-state index is 0.216. The number of carbonyl (C=O) groups excluding carboxylic acids is 1. The molecule has 1 aromatic rings. The van der Waals surface area contributed by atoms with Crippen LogP contribution in [0.25, 0.3) is 0 Å². The van der Waals surface area contributed by atoms with Crippen LogP contribution in [0.3, 0.4) is 0 Å². The molecule has 90 valence electrons. The maximum atomic E-state index is 11.8. The monoisotopic (exact) mass is 269 g/mol. The highest BCUT2D eigenvalue weighted by atomic mass is 35.5. The van der Waals surface area contributed by atoms with Crippen LogP contribution in [0.15, 0.2) is 41.8 Å². The number of nitrogens with one attached hydrogen (secondary N) is 1. The van der Waals surface area contributed by atoms with E-state index in [9.17, 15) is 4.79 Å². The average Bonchev–Trinajstić information content (AvgIpc) is 2.35. The van der Waals surface area contributed by atoms with Crippen molar-refractivity contribution in [1.82, 2.24) is 5.32 Å². The third-order valence-corrected chi connectivity index (χ3v) is 3.82. The summed E-state index contributed by atoms with van der Waals surface area (Å²) >= 11 is 7.57. The number of rotatable bonds is 3. The fourth-order valence-electron chi connectivity index (χ4n) is 1.46. The molecule has 1 aliphatic rings. The first kappa shape index (κ1) is 12.3. The molecule has 1 aromatic carbocycles. The molecule has 2 unspecified atom stereocenters. The molecule has 0 radical (unpaired) electrons. The van der Waals surface area contributed by atoms with Crippen LogP contribution >= 0.6 is 23.4 Å². The fraction of sp³-hybridized carbons (Fsp3) is 0.250. The lowest BCUT2D eigenvalue weighted by Crippen LogP contribution is -2.44. The van der Waals surface area contributed by atoms with E-state index in [1.807, 2.05) is 24.3 Å². The SMILES string of the molecule is C=CCNC(=O)C1Oc2ccccc2SC1Cl. The summed E-state index contributed by atoms with van der Waals surface area (Å²) in [6.45, 7) is 3.95. The van der Waals surface area contributed by atoms with E-state index in [-0.39, 0.29) is 5.91 Å². The van der Waals surface area contributed by atoms with Crippen molar-refractivity contribution < 1.29 is 9.53 Å². The molecular weight excluding hydrogens is 258 g/mol. The molecule has 0 bridgehead atoms. The largest absolute Gasteiger partial charge is 0.477 e. The molecule has 0 saturated heterocycles. The number of carbonyl (C=O) groups is 1. The van der Waals surface area contributed by atoms with Crippen LogP contribution in [0.2, 0.25) is 0 Å². The summed E-state index contributed by atoms with van der Waals surface area (Å²) in [5, 5.41) is 2.68. The molecule has 0 aliphatic carbocycles. The zero-order valence-electron chi connectivity index (χ0n) is 9.06. The van der Waals surface area contributed by atoms with Gasteiger partial charge in [-0.15, -0.1) is 18.2 Å². The summed E-state index contributed by atoms with van der Waals surface area (Å²) in [6.07, 6.45) is 0.946. The van der Waals surface area contributed by atoms with Crippen molar-refractivity contribution in [1.29, 1.82) is 0 Å². The van der Waals surface area contributed by atoms with Crippen molar-refractivity contribution in [2.45, 2.75) is 15.7 Å². The Morgan fingerprint density at radius 1 is 1.59 bits per heavy atom. The van der Waals surface area contributed by atoms with E-state index in [0.717, 1.165) is 4.90 Å². The van der Waals surface area contributed by atoms with Gasteiger partial charge in [-0.1, -0.05) is 30.0 Å². The first-order chi connectivity index (χ1) is 8.22. The standard InChI is InChI=1S/C12H12ClNO2S/c1-2-7-14-12(15)10-11(13)17-9-6-4-3-5-8(9)16-10/h2-6,10-11H,1,7H2,(H,14,15). The maximum absolute atomic E-state index is 11.8. The van der Waals surface area contributed by atoms with Crippen LogP contribution in [0.4, 0.5) is 0 Å². The molecule has 2 atom stereocenters. The van der Waals surface area contributed by atoms with Crippen LogP contribution in [-0.4, -0.2) is 23.3 Å². The molecule has 3 nitrogen and oxygen atoms in total. The first-order valence-corrected chi connectivity index (χ1v) is 6.49. The summed E-state index contributed by atoms with van der Waals surface area (Å²) in [5.74, 6) is 0.486. The van der Waals surface area contributed by atoms with Crippen molar-refractivity contribution in [2.75, 3.05) is 6.54 Å². The lowest BCUT2D eigenvalue weighted by Gasteiger charge is -2.28. The average molecular weight is 270 g/mol. The van der Waals surface area contributed by atoms with E-state index >= 15 is 0 Å². The van der Waals surface area contributed by atoms with Crippen LogP contribution in [-0.2, 0) is 4.79 Å². The molecule has 0 fully saturated rings. The van der Waals surface area contributed by atoms with E-state index in [1.165, 1.54) is 11.8 Å². The van der Waals surface area contributed by atoms with Crippen molar-refractivity contribution in [3.8, 4) is 5.75 Å². The van der Waals surface area contributed by atoms with Gasteiger partial charge in [-0.2, -0.15) is 0 Å². The third kappa shape index (κ3) is 2.76. The third-order valence-electron chi connectivity index (χ3n) is 2.26. The van der Waals surface area contributed by atoms with Crippen LogP contribution in [0.1, 0.15) is 0 Å². The Morgan fingerprint density at radius 3 is 3.12 bits per heavy atom. The molecule has 0 aromatic heterocycles. The predicted octanol–water partition coefficient (Wildman–Crippen LogP) is 2.41. The number of ether oxygens (including phenoxy) is 1. The Morgan fingerprint density at radius 2 is 2.35 bits per heavy atom. The molecule has 1 amide bonds. The van der Waals surface area contributed by atoms with Crippen LogP contribution in [0, 0.1) is 0 Å². The fourth-order valence-corrected chi connectivity index (χ4v) is 2.85. The second-order valence-corrected chi connectivity index (χ2v) is 5.40. The smallest absolute Gasteiger partial charge is 0.263 e. The minimum Gasteiger partial charge on any atom is -0.477 e. The van der Waals surface area contributed by atoms with Gasteiger partial charge in [0.2, 0.25) is 6.10 Å². The van der Waals surface area contributed by atoms with Gasteiger partial charge in [0.15, 0.2) is 0 Å². The van der Waals surface area contributed by atoms with Gasteiger partial charge < -0.3 is 10.1 Å². The van der Waals surface area contributed by atoms with E-state index in [2.05, 4.69) is 11.9 Å². The molecule has 1 heterocycles. The number of hydrogen-bond acceptors (Lipinski definition) is 3. The summed E-state index contributed by atoms with van der Waals surface area (Å²) in [6, 6.07) is 7.54. The van der Waals surface area contributed by atoms with E-state index in [0.29, 0.717) is 12.3 Å². The van der Waals surface area contributed by atoms with Gasteiger partial charge in [-0.05, 0) is 12.1 Å². The Labute approximate surface area is 109 Å². The molecule has 2 rings (SSSR count). The number of thioether (sulfide) groups is 1. The van der Waals surface area contributed by atoms with Gasteiger partial charge >= 0.3 is 0 Å². The number of hydrogen-bond donors (Lipinski definition) is 1. The van der Waals surface area contributed by atoms with Crippen molar-refractivity contribution in [3.63, 3.8) is 0 Å².